The minimum atomic E-state index is -0.165. The molecule has 0 aliphatic carbocycles. The summed E-state index contributed by atoms with van der Waals surface area (Å²) in [4.78, 5) is 18.7. The summed E-state index contributed by atoms with van der Waals surface area (Å²) in [6, 6.07) is 10.8. The molecule has 1 aliphatic heterocycles. The third-order valence-corrected chi connectivity index (χ3v) is 4.62. The number of carbonyl (C=O) groups excluding carboxylic acids is 1. The smallest absolute Gasteiger partial charge is 0.252 e. The molecule has 1 aliphatic rings. The number of rotatable bonds is 4. The maximum absolute atomic E-state index is 13.9. The third kappa shape index (κ3) is 3.31. The lowest BCUT2D eigenvalue weighted by Crippen LogP contribution is -2.25. The third-order valence-electron chi connectivity index (χ3n) is 4.62. The van der Waals surface area contributed by atoms with E-state index in [0.717, 1.165) is 30.8 Å². The fourth-order valence-electron chi connectivity index (χ4n) is 3.34. The molecule has 3 rings (SSSR count). The van der Waals surface area contributed by atoms with E-state index < -0.39 is 0 Å². The number of nitrogens with zero attached hydrogens (tertiary/aromatic N) is 2. The molecule has 2 heterocycles. The molecule has 0 saturated carbocycles. The number of nitrogens with one attached hydrogen (secondary N) is 1. The van der Waals surface area contributed by atoms with Gasteiger partial charge in [0.05, 0.1) is 23.0 Å². The molecule has 2 aromatic rings. The van der Waals surface area contributed by atoms with Crippen molar-refractivity contribution in [2.45, 2.75) is 32.4 Å². The van der Waals surface area contributed by atoms with Crippen molar-refractivity contribution in [1.29, 1.82) is 0 Å². The van der Waals surface area contributed by atoms with E-state index in [-0.39, 0.29) is 17.8 Å². The molecule has 1 atom stereocenters. The highest BCUT2D eigenvalue weighted by Crippen LogP contribution is 2.32. The van der Waals surface area contributed by atoms with Gasteiger partial charge in [0.15, 0.2) is 0 Å². The van der Waals surface area contributed by atoms with Crippen molar-refractivity contribution in [3.8, 4) is 0 Å². The van der Waals surface area contributed by atoms with Gasteiger partial charge in [0.1, 0.15) is 5.82 Å². The standard InChI is InChI=1S/C19H22FN3O/c1-13-15(19(24)21-2)9-10-17(22-13)18-8-5-11-23(18)12-14-6-3-4-7-16(14)20/h3-4,6-7,9-10,18H,5,8,11-12H2,1-2H3,(H,21,24)/t18-/m0/s1. The summed E-state index contributed by atoms with van der Waals surface area (Å²) in [5.41, 5.74) is 2.99. The Hall–Kier alpha value is -2.27. The second-order valence-corrected chi connectivity index (χ2v) is 6.17. The van der Waals surface area contributed by atoms with Crippen LogP contribution in [0.4, 0.5) is 4.39 Å². The Morgan fingerprint density at radius 3 is 2.83 bits per heavy atom. The fourth-order valence-corrected chi connectivity index (χ4v) is 3.34. The van der Waals surface area contributed by atoms with Gasteiger partial charge in [-0.25, -0.2) is 4.39 Å². The quantitative estimate of drug-likeness (QED) is 0.938. The minimum absolute atomic E-state index is 0.124. The number of aromatic nitrogens is 1. The number of likely N-dealkylation sites (tertiary alicyclic amines) is 1. The van der Waals surface area contributed by atoms with Gasteiger partial charge in [-0.3, -0.25) is 14.7 Å². The Labute approximate surface area is 141 Å². The predicted octanol–water partition coefficient (Wildman–Crippen LogP) is 3.23. The normalized spacial score (nSPS) is 17.9. The molecule has 1 aromatic heterocycles. The molecule has 0 bridgehead atoms. The summed E-state index contributed by atoms with van der Waals surface area (Å²) in [7, 11) is 1.61. The van der Waals surface area contributed by atoms with E-state index in [9.17, 15) is 9.18 Å². The van der Waals surface area contributed by atoms with E-state index >= 15 is 0 Å². The summed E-state index contributed by atoms with van der Waals surface area (Å²) in [6.07, 6.45) is 2.07. The Kier molecular flexibility index (Phi) is 4.90. The average molecular weight is 327 g/mol. The summed E-state index contributed by atoms with van der Waals surface area (Å²) < 4.78 is 13.9. The van der Waals surface area contributed by atoms with Crippen LogP contribution in [0.3, 0.4) is 0 Å². The number of hydrogen-bond donors (Lipinski definition) is 1. The molecule has 0 radical (unpaired) electrons. The van der Waals surface area contributed by atoms with Gasteiger partial charge in [0, 0.05) is 19.2 Å². The fraction of sp³-hybridized carbons (Fsp3) is 0.368. The van der Waals surface area contributed by atoms with Crippen molar-refractivity contribution in [2.24, 2.45) is 0 Å². The van der Waals surface area contributed by atoms with Crippen LogP contribution in [0.25, 0.3) is 0 Å². The molecule has 1 amide bonds. The van der Waals surface area contributed by atoms with Gasteiger partial charge in [-0.1, -0.05) is 18.2 Å². The largest absolute Gasteiger partial charge is 0.355 e. The van der Waals surface area contributed by atoms with E-state index in [1.165, 1.54) is 6.07 Å². The zero-order valence-electron chi connectivity index (χ0n) is 14.1. The molecule has 4 nitrogen and oxygen atoms in total. The first-order chi connectivity index (χ1) is 11.6. The Bertz CT molecular complexity index is 747. The number of amides is 1. The number of benzene rings is 1. The number of pyridine rings is 1. The summed E-state index contributed by atoms with van der Waals surface area (Å²) in [5, 5.41) is 2.63. The van der Waals surface area contributed by atoms with Crippen LogP contribution in [0.5, 0.6) is 0 Å². The molecule has 126 valence electrons. The van der Waals surface area contributed by atoms with E-state index in [1.807, 2.05) is 31.2 Å². The van der Waals surface area contributed by atoms with Crippen molar-refractivity contribution in [3.05, 3.63) is 64.7 Å². The second kappa shape index (κ2) is 7.09. The summed E-state index contributed by atoms with van der Waals surface area (Å²) in [5.74, 6) is -0.288. The van der Waals surface area contributed by atoms with E-state index in [2.05, 4.69) is 15.2 Å². The van der Waals surface area contributed by atoms with Gasteiger partial charge >= 0.3 is 0 Å². The van der Waals surface area contributed by atoms with Crippen molar-refractivity contribution < 1.29 is 9.18 Å². The van der Waals surface area contributed by atoms with Gasteiger partial charge in [-0.2, -0.15) is 0 Å². The first-order valence-electron chi connectivity index (χ1n) is 8.27. The molecule has 5 heteroatoms. The zero-order chi connectivity index (χ0) is 17.1. The number of aryl methyl sites for hydroxylation is 1. The second-order valence-electron chi connectivity index (χ2n) is 6.17. The first-order valence-corrected chi connectivity index (χ1v) is 8.27. The van der Waals surface area contributed by atoms with Crippen LogP contribution in [0.15, 0.2) is 36.4 Å². The highest BCUT2D eigenvalue weighted by molar-refractivity contribution is 5.94. The number of carbonyl (C=O) groups is 1. The molecule has 1 saturated heterocycles. The lowest BCUT2D eigenvalue weighted by Gasteiger charge is -2.24. The van der Waals surface area contributed by atoms with Crippen LogP contribution in [0.2, 0.25) is 0 Å². The molecule has 24 heavy (non-hydrogen) atoms. The minimum Gasteiger partial charge on any atom is -0.355 e. The van der Waals surface area contributed by atoms with Crippen molar-refractivity contribution in [1.82, 2.24) is 15.2 Å². The maximum atomic E-state index is 13.9. The van der Waals surface area contributed by atoms with E-state index in [1.54, 1.807) is 13.1 Å². The van der Waals surface area contributed by atoms with Crippen molar-refractivity contribution in [3.63, 3.8) is 0 Å². The molecule has 1 fully saturated rings. The number of hydrogen-bond acceptors (Lipinski definition) is 3. The van der Waals surface area contributed by atoms with E-state index in [4.69, 9.17) is 0 Å². The van der Waals surface area contributed by atoms with Gasteiger partial charge in [-0.15, -0.1) is 0 Å². The summed E-state index contributed by atoms with van der Waals surface area (Å²) >= 11 is 0. The Morgan fingerprint density at radius 1 is 1.33 bits per heavy atom. The summed E-state index contributed by atoms with van der Waals surface area (Å²) in [6.45, 7) is 3.36. The van der Waals surface area contributed by atoms with Gasteiger partial charge in [-0.05, 0) is 44.5 Å². The van der Waals surface area contributed by atoms with Gasteiger partial charge in [0.2, 0.25) is 0 Å². The molecule has 1 aromatic carbocycles. The Morgan fingerprint density at radius 2 is 2.12 bits per heavy atom. The van der Waals surface area contributed by atoms with Gasteiger partial charge < -0.3 is 5.32 Å². The van der Waals surface area contributed by atoms with Gasteiger partial charge in [0.25, 0.3) is 5.91 Å². The topological polar surface area (TPSA) is 45.2 Å². The SMILES string of the molecule is CNC(=O)c1ccc([C@@H]2CCCN2Cc2ccccc2F)nc1C. The average Bonchev–Trinajstić information content (AvgIpc) is 3.04. The maximum Gasteiger partial charge on any atom is 0.252 e. The van der Waals surface area contributed by atoms with Crippen LogP contribution >= 0.6 is 0 Å². The molecule has 0 unspecified atom stereocenters. The molecular weight excluding hydrogens is 305 g/mol. The van der Waals surface area contributed by atoms with Crippen LogP contribution in [0, 0.1) is 12.7 Å². The highest BCUT2D eigenvalue weighted by atomic mass is 19.1. The zero-order valence-corrected chi connectivity index (χ0v) is 14.1. The monoisotopic (exact) mass is 327 g/mol. The molecule has 1 N–H and O–H groups in total. The lowest BCUT2D eigenvalue weighted by molar-refractivity contribution is 0.0962. The van der Waals surface area contributed by atoms with Crippen LogP contribution in [-0.4, -0.2) is 29.4 Å². The van der Waals surface area contributed by atoms with Crippen LogP contribution < -0.4 is 5.32 Å². The Balaban J connectivity index is 1.82. The lowest BCUT2D eigenvalue weighted by atomic mass is 10.1. The van der Waals surface area contributed by atoms with Crippen LogP contribution in [0.1, 0.15) is 46.2 Å². The molecule has 0 spiro atoms. The first kappa shape index (κ1) is 16.6. The van der Waals surface area contributed by atoms with Crippen molar-refractivity contribution in [2.75, 3.05) is 13.6 Å². The molecular formula is C19H22FN3O. The van der Waals surface area contributed by atoms with Crippen LogP contribution in [-0.2, 0) is 6.54 Å². The van der Waals surface area contributed by atoms with Crippen molar-refractivity contribution >= 4 is 5.91 Å². The number of halogens is 1. The van der Waals surface area contributed by atoms with E-state index in [0.29, 0.717) is 17.7 Å². The highest BCUT2D eigenvalue weighted by Gasteiger charge is 2.28. The predicted molar refractivity (Wildman–Crippen MR) is 91.1 cm³/mol.